The molecule has 1 aromatic carbocycles. The quantitative estimate of drug-likeness (QED) is 0.876. The maximum atomic E-state index is 5.37. The predicted octanol–water partition coefficient (Wildman–Crippen LogP) is 2.77. The van der Waals surface area contributed by atoms with Crippen LogP contribution in [0.25, 0.3) is 0 Å². The topological polar surface area (TPSA) is 50.3 Å². The molecule has 0 bridgehead atoms. The van der Waals surface area contributed by atoms with Gasteiger partial charge in [0.25, 0.3) is 0 Å². The Morgan fingerprint density at radius 1 is 1.12 bits per heavy atom. The number of benzene rings is 1. The van der Waals surface area contributed by atoms with Crippen molar-refractivity contribution < 1.29 is 4.74 Å². The van der Waals surface area contributed by atoms with Gasteiger partial charge in [-0.3, -0.25) is 0 Å². The van der Waals surface area contributed by atoms with Crippen LogP contribution < -0.4 is 10.2 Å². The Kier molecular flexibility index (Phi) is 5.66. The standard InChI is InChI=1S/C20H28N4O/c1-16(20(2,3)18-7-5-4-6-8-18)21-13-17-14-22-19(23-15-17)24-9-11-25-12-10-24/h4-8,14-16,21H,9-13H2,1-3H3/t16-/m0/s1. The second-order valence-electron chi connectivity index (χ2n) is 7.18. The number of hydrogen-bond acceptors (Lipinski definition) is 5. The van der Waals surface area contributed by atoms with Gasteiger partial charge < -0.3 is 15.0 Å². The molecule has 1 atom stereocenters. The molecule has 1 aromatic heterocycles. The Morgan fingerprint density at radius 2 is 1.76 bits per heavy atom. The zero-order valence-corrected chi connectivity index (χ0v) is 15.4. The van der Waals surface area contributed by atoms with E-state index in [-0.39, 0.29) is 5.41 Å². The fourth-order valence-corrected chi connectivity index (χ4v) is 3.01. The van der Waals surface area contributed by atoms with Crippen molar-refractivity contribution in [2.75, 3.05) is 31.2 Å². The minimum atomic E-state index is 0.0514. The molecule has 1 fully saturated rings. The summed E-state index contributed by atoms with van der Waals surface area (Å²) in [5, 5.41) is 3.62. The first-order valence-corrected chi connectivity index (χ1v) is 9.00. The lowest BCUT2D eigenvalue weighted by Gasteiger charge is -2.33. The molecular formula is C20H28N4O. The van der Waals surface area contributed by atoms with Gasteiger partial charge in [-0.15, -0.1) is 0 Å². The highest BCUT2D eigenvalue weighted by molar-refractivity contribution is 5.30. The van der Waals surface area contributed by atoms with Gasteiger partial charge in [-0.2, -0.15) is 0 Å². The molecule has 2 aromatic rings. The lowest BCUT2D eigenvalue weighted by molar-refractivity contribution is 0.122. The second kappa shape index (κ2) is 7.93. The maximum absolute atomic E-state index is 5.37. The largest absolute Gasteiger partial charge is 0.378 e. The molecule has 2 heterocycles. The number of morpholine rings is 1. The van der Waals surface area contributed by atoms with Crippen LogP contribution in [0.2, 0.25) is 0 Å². The smallest absolute Gasteiger partial charge is 0.225 e. The van der Waals surface area contributed by atoms with E-state index >= 15 is 0 Å². The van der Waals surface area contributed by atoms with E-state index in [1.807, 2.05) is 12.4 Å². The van der Waals surface area contributed by atoms with Crippen LogP contribution in [0.4, 0.5) is 5.95 Å². The molecule has 5 nitrogen and oxygen atoms in total. The molecule has 0 unspecified atom stereocenters. The van der Waals surface area contributed by atoms with Gasteiger partial charge in [0.15, 0.2) is 0 Å². The monoisotopic (exact) mass is 340 g/mol. The van der Waals surface area contributed by atoms with Gasteiger partial charge >= 0.3 is 0 Å². The zero-order chi connectivity index (χ0) is 17.7. The molecule has 0 radical (unpaired) electrons. The summed E-state index contributed by atoms with van der Waals surface area (Å²) in [5.41, 5.74) is 2.50. The fraction of sp³-hybridized carbons (Fsp3) is 0.500. The van der Waals surface area contributed by atoms with Gasteiger partial charge in [0, 0.05) is 49.0 Å². The zero-order valence-electron chi connectivity index (χ0n) is 15.4. The highest BCUT2D eigenvalue weighted by Crippen LogP contribution is 2.27. The minimum Gasteiger partial charge on any atom is -0.378 e. The van der Waals surface area contributed by atoms with E-state index in [1.54, 1.807) is 0 Å². The van der Waals surface area contributed by atoms with Gasteiger partial charge in [-0.1, -0.05) is 44.2 Å². The van der Waals surface area contributed by atoms with Gasteiger partial charge in [-0.05, 0) is 12.5 Å². The minimum absolute atomic E-state index is 0.0514. The molecule has 1 N–H and O–H groups in total. The molecule has 0 spiro atoms. The maximum Gasteiger partial charge on any atom is 0.225 e. The number of anilines is 1. The molecule has 1 saturated heterocycles. The van der Waals surface area contributed by atoms with Crippen LogP contribution >= 0.6 is 0 Å². The number of nitrogens with zero attached hydrogens (tertiary/aromatic N) is 3. The van der Waals surface area contributed by atoms with Crippen LogP contribution in [0, 0.1) is 0 Å². The molecule has 5 heteroatoms. The van der Waals surface area contributed by atoms with Crippen molar-refractivity contribution in [3.8, 4) is 0 Å². The van der Waals surface area contributed by atoms with Gasteiger partial charge in [0.2, 0.25) is 5.95 Å². The van der Waals surface area contributed by atoms with E-state index in [2.05, 4.69) is 71.3 Å². The van der Waals surface area contributed by atoms with E-state index in [0.717, 1.165) is 44.4 Å². The second-order valence-corrected chi connectivity index (χ2v) is 7.18. The normalized spacial score (nSPS) is 16.7. The Bertz CT molecular complexity index is 651. The van der Waals surface area contributed by atoms with Crippen molar-refractivity contribution >= 4 is 5.95 Å². The Balaban J connectivity index is 1.57. The van der Waals surface area contributed by atoms with Gasteiger partial charge in [-0.25, -0.2) is 9.97 Å². The molecule has 25 heavy (non-hydrogen) atoms. The first kappa shape index (κ1) is 17.8. The number of hydrogen-bond donors (Lipinski definition) is 1. The lowest BCUT2D eigenvalue weighted by Crippen LogP contribution is -2.42. The molecule has 1 aliphatic rings. The molecule has 0 aliphatic carbocycles. The number of ether oxygens (including phenoxy) is 1. The molecule has 0 saturated carbocycles. The van der Waals surface area contributed by atoms with E-state index in [0.29, 0.717) is 6.04 Å². The number of rotatable bonds is 6. The molecule has 3 rings (SSSR count). The van der Waals surface area contributed by atoms with Crippen molar-refractivity contribution in [2.24, 2.45) is 0 Å². The van der Waals surface area contributed by atoms with Crippen molar-refractivity contribution in [3.05, 3.63) is 53.9 Å². The predicted molar refractivity (Wildman–Crippen MR) is 101 cm³/mol. The summed E-state index contributed by atoms with van der Waals surface area (Å²) in [6.45, 7) is 10.8. The summed E-state index contributed by atoms with van der Waals surface area (Å²) < 4.78 is 5.37. The summed E-state index contributed by atoms with van der Waals surface area (Å²) in [6.07, 6.45) is 3.85. The van der Waals surface area contributed by atoms with Gasteiger partial charge in [0.1, 0.15) is 0 Å². The molecular weight excluding hydrogens is 312 g/mol. The summed E-state index contributed by atoms with van der Waals surface area (Å²) in [5.74, 6) is 0.796. The summed E-state index contributed by atoms with van der Waals surface area (Å²) >= 11 is 0. The summed E-state index contributed by atoms with van der Waals surface area (Å²) in [7, 11) is 0. The van der Waals surface area contributed by atoms with Crippen LogP contribution in [-0.4, -0.2) is 42.3 Å². The summed E-state index contributed by atoms with van der Waals surface area (Å²) in [6, 6.07) is 11.0. The lowest BCUT2D eigenvalue weighted by atomic mass is 9.78. The van der Waals surface area contributed by atoms with Crippen molar-refractivity contribution in [1.82, 2.24) is 15.3 Å². The average Bonchev–Trinajstić information content (AvgIpc) is 2.68. The van der Waals surface area contributed by atoms with Crippen LogP contribution in [0.15, 0.2) is 42.7 Å². The van der Waals surface area contributed by atoms with E-state index in [1.165, 1.54) is 5.56 Å². The number of aromatic nitrogens is 2. The molecule has 1 aliphatic heterocycles. The van der Waals surface area contributed by atoms with Crippen LogP contribution in [0.1, 0.15) is 31.9 Å². The van der Waals surface area contributed by atoms with Crippen LogP contribution in [0.5, 0.6) is 0 Å². The third kappa shape index (κ3) is 4.35. The highest BCUT2D eigenvalue weighted by atomic mass is 16.5. The SMILES string of the molecule is C[C@H](NCc1cnc(N2CCOCC2)nc1)C(C)(C)c1ccccc1. The third-order valence-electron chi connectivity index (χ3n) is 5.20. The van der Waals surface area contributed by atoms with E-state index < -0.39 is 0 Å². The fourth-order valence-electron chi connectivity index (χ4n) is 3.01. The molecule has 134 valence electrons. The van der Waals surface area contributed by atoms with Crippen LogP contribution in [-0.2, 0) is 16.7 Å². The number of nitrogens with one attached hydrogen (secondary N) is 1. The van der Waals surface area contributed by atoms with Gasteiger partial charge in [0.05, 0.1) is 13.2 Å². The Hall–Kier alpha value is -1.98. The van der Waals surface area contributed by atoms with E-state index in [4.69, 9.17) is 4.74 Å². The van der Waals surface area contributed by atoms with Crippen molar-refractivity contribution in [3.63, 3.8) is 0 Å². The average molecular weight is 340 g/mol. The van der Waals surface area contributed by atoms with Crippen LogP contribution in [0.3, 0.4) is 0 Å². The Labute approximate surface area is 150 Å². The first-order valence-electron chi connectivity index (χ1n) is 9.00. The Morgan fingerprint density at radius 3 is 2.40 bits per heavy atom. The molecule has 0 amide bonds. The summed E-state index contributed by atoms with van der Waals surface area (Å²) in [4.78, 5) is 11.2. The first-order chi connectivity index (χ1) is 12.1. The highest BCUT2D eigenvalue weighted by Gasteiger charge is 2.27. The van der Waals surface area contributed by atoms with Crippen molar-refractivity contribution in [2.45, 2.75) is 38.8 Å². The van der Waals surface area contributed by atoms with Crippen molar-refractivity contribution in [1.29, 1.82) is 0 Å². The third-order valence-corrected chi connectivity index (χ3v) is 5.20. The van der Waals surface area contributed by atoms with E-state index in [9.17, 15) is 0 Å².